The van der Waals surface area contributed by atoms with Crippen LogP contribution in [0.1, 0.15) is 0 Å². The second-order valence-electron chi connectivity index (χ2n) is 3.73. The van der Waals surface area contributed by atoms with Crippen LogP contribution >= 0.6 is 85.7 Å². The van der Waals surface area contributed by atoms with E-state index in [4.69, 9.17) is 1.40 Å². The molecule has 5 heteroatoms. The van der Waals surface area contributed by atoms with E-state index in [2.05, 4.69) is 91.4 Å². The summed E-state index contributed by atoms with van der Waals surface area (Å²) in [6.07, 6.45) is 0. The van der Waals surface area contributed by atoms with E-state index < -0.39 is 40.5 Å². The van der Waals surface area contributed by atoms with Crippen molar-refractivity contribution >= 4 is 85.7 Å². The minimum Gasteiger partial charge on any atom is -0.0611 e. The molecular weight excluding hydrogens is 692 g/mol. The number of alkyl halides is 2. The fourth-order valence-electron chi connectivity index (χ4n) is 1.50. The molecule has 0 aliphatic carbocycles. The average molecular weight is 706 g/mol. The van der Waals surface area contributed by atoms with Crippen LogP contribution < -0.4 is 0 Å². The van der Waals surface area contributed by atoms with Crippen molar-refractivity contribution in [1.82, 2.24) is 0 Å². The van der Waals surface area contributed by atoms with Gasteiger partial charge in [0.2, 0.25) is 0 Å². The topological polar surface area (TPSA) is 9.23 Å². The molecule has 2 aromatic carbocycles. The summed E-state index contributed by atoms with van der Waals surface area (Å²) in [5.74, 6) is 0. The van der Waals surface area contributed by atoms with Crippen LogP contribution in [-0.2, 0) is 1.40 Å². The first-order valence-corrected chi connectivity index (χ1v) is 15.9. The first-order valence-electron chi connectivity index (χ1n) is 5.48. The van der Waals surface area contributed by atoms with Crippen molar-refractivity contribution in [3.63, 3.8) is 0 Å². The van der Waals surface area contributed by atoms with Gasteiger partial charge >= 0.3 is 83.1 Å². The fraction of sp³-hybridized carbons (Fsp3) is 0.143. The molecule has 0 atom stereocenters. The average Bonchev–Trinajstić information content (AvgIpc) is 2.70. The maximum atomic E-state index is 5.94. The van der Waals surface area contributed by atoms with Crippen molar-refractivity contribution in [3.05, 3.63) is 62.8 Å². The number of rotatable bonds is 0. The summed E-state index contributed by atoms with van der Waals surface area (Å²) in [6.45, 7) is 0. The summed E-state index contributed by atoms with van der Waals surface area (Å²) in [7, 11) is 0. The molecule has 0 aromatic heterocycles. The van der Waals surface area contributed by atoms with Crippen LogP contribution in [0.2, 0.25) is 0 Å². The minimum absolute atomic E-state index is 1.10. The Kier molecular flexibility index (Phi) is 7.10. The zero-order valence-electron chi connectivity index (χ0n) is 10.5. The number of hydrogen-bond acceptors (Lipinski definition) is 1. The number of fused-ring (bicyclic) bond motifs is 1. The normalized spacial score (nSPS) is 16.6. The van der Waals surface area contributed by atoms with E-state index >= 15 is 0 Å². The molecule has 19 heavy (non-hydrogen) atoms. The van der Waals surface area contributed by atoms with Gasteiger partial charge in [-0.25, -0.2) is 0 Å². The molecule has 0 amide bonds. The Balaban J connectivity index is 0.000000148. The summed E-state index contributed by atoms with van der Waals surface area (Å²) in [5.41, 5.74) is 0. The van der Waals surface area contributed by atoms with Crippen LogP contribution in [-0.4, -0.2) is 9.86 Å². The van der Waals surface area contributed by atoms with E-state index in [1.54, 1.807) is 7.14 Å². The molecule has 0 spiro atoms. The Morgan fingerprint density at radius 1 is 0.737 bits per heavy atom. The van der Waals surface area contributed by atoms with Gasteiger partial charge in [0, 0.05) is 7.14 Å². The smallest absolute Gasteiger partial charge is 0.0263 e. The third-order valence-corrected chi connectivity index (χ3v) is 19.2. The summed E-state index contributed by atoms with van der Waals surface area (Å²) >= 11 is 2.43. The second-order valence-corrected chi connectivity index (χ2v) is 15.7. The van der Waals surface area contributed by atoms with Gasteiger partial charge in [0.25, 0.3) is 0 Å². The third kappa shape index (κ3) is 4.65. The summed E-state index contributed by atoms with van der Waals surface area (Å²) in [4.78, 5) is 4.59. The molecule has 0 saturated carbocycles. The SMILES string of the molecule is CI1OI(C)c2ccccc21.Ic1ccccc1I. The van der Waals surface area contributed by atoms with Crippen molar-refractivity contribution in [3.8, 4) is 0 Å². The largest absolute Gasteiger partial charge is 0.0611 e. The fourth-order valence-corrected chi connectivity index (χ4v) is 17.9. The Bertz CT molecular complexity index is 511. The van der Waals surface area contributed by atoms with E-state index in [1.807, 2.05) is 12.1 Å². The molecule has 0 N–H and O–H groups in total. The standard InChI is InChI=1S/C8H10I2O.C6H4I2/c1-9-7-5-3-4-6-8(7)10(2)11-9;7-5-3-1-2-4-6(5)8/h3-6H,1-2H3;1-4H. The molecule has 0 radical (unpaired) electrons. The molecule has 1 nitrogen and oxygen atoms in total. The predicted octanol–water partition coefficient (Wildman–Crippen LogP) is 6.05. The summed E-state index contributed by atoms with van der Waals surface area (Å²) in [6, 6.07) is 17.1. The molecule has 104 valence electrons. The molecule has 3 rings (SSSR count). The van der Waals surface area contributed by atoms with E-state index in [0.29, 0.717) is 0 Å². The van der Waals surface area contributed by atoms with E-state index in [9.17, 15) is 0 Å². The van der Waals surface area contributed by atoms with Crippen molar-refractivity contribution < 1.29 is 1.40 Å². The van der Waals surface area contributed by atoms with Gasteiger partial charge in [-0.05, 0) is 57.3 Å². The van der Waals surface area contributed by atoms with Gasteiger partial charge in [0.15, 0.2) is 0 Å². The Morgan fingerprint density at radius 2 is 1.11 bits per heavy atom. The molecule has 1 aliphatic heterocycles. The van der Waals surface area contributed by atoms with Crippen LogP contribution in [0.3, 0.4) is 0 Å². The minimum atomic E-state index is -1.10. The number of hydrogen-bond donors (Lipinski definition) is 0. The van der Waals surface area contributed by atoms with Crippen molar-refractivity contribution in [2.75, 3.05) is 9.86 Å². The molecular formula is C14H14I4O. The Labute approximate surface area is 157 Å². The van der Waals surface area contributed by atoms with Crippen molar-refractivity contribution in [2.24, 2.45) is 0 Å². The van der Waals surface area contributed by atoms with Gasteiger partial charge in [-0.3, -0.25) is 0 Å². The van der Waals surface area contributed by atoms with Crippen LogP contribution in [0.25, 0.3) is 0 Å². The summed E-state index contributed by atoms with van der Waals surface area (Å²) in [5, 5.41) is 0. The molecule has 0 unspecified atom stereocenters. The van der Waals surface area contributed by atoms with Crippen LogP contribution in [0.4, 0.5) is 0 Å². The first-order chi connectivity index (χ1) is 9.09. The van der Waals surface area contributed by atoms with Crippen molar-refractivity contribution in [2.45, 2.75) is 0 Å². The molecule has 2 aromatic rings. The monoisotopic (exact) mass is 706 g/mol. The zero-order chi connectivity index (χ0) is 13.8. The number of benzene rings is 2. The van der Waals surface area contributed by atoms with Gasteiger partial charge in [-0.1, -0.05) is 12.1 Å². The second kappa shape index (κ2) is 8.08. The van der Waals surface area contributed by atoms with E-state index in [1.165, 1.54) is 7.14 Å². The zero-order valence-corrected chi connectivity index (χ0v) is 19.2. The van der Waals surface area contributed by atoms with Crippen LogP contribution in [0, 0.1) is 14.3 Å². The van der Waals surface area contributed by atoms with Gasteiger partial charge in [0.05, 0.1) is 0 Å². The van der Waals surface area contributed by atoms with Crippen LogP contribution in [0.15, 0.2) is 48.5 Å². The van der Waals surface area contributed by atoms with Gasteiger partial charge in [-0.2, -0.15) is 0 Å². The maximum Gasteiger partial charge on any atom is 0.0263 e. The van der Waals surface area contributed by atoms with E-state index in [-0.39, 0.29) is 0 Å². The molecule has 0 bridgehead atoms. The molecule has 1 heterocycles. The van der Waals surface area contributed by atoms with Crippen LogP contribution in [0.5, 0.6) is 0 Å². The first kappa shape index (κ1) is 16.7. The molecule has 0 saturated heterocycles. The van der Waals surface area contributed by atoms with E-state index in [0.717, 1.165) is 0 Å². The Hall–Kier alpha value is 1.32. The van der Waals surface area contributed by atoms with Gasteiger partial charge in [-0.15, -0.1) is 0 Å². The van der Waals surface area contributed by atoms with Gasteiger partial charge < -0.3 is 0 Å². The predicted molar refractivity (Wildman–Crippen MR) is 117 cm³/mol. The molecule has 0 fully saturated rings. The van der Waals surface area contributed by atoms with Gasteiger partial charge in [0.1, 0.15) is 0 Å². The maximum absolute atomic E-state index is 5.94. The quantitative estimate of drug-likeness (QED) is 0.240. The number of halogens is 4. The molecule has 1 aliphatic rings. The third-order valence-electron chi connectivity index (χ3n) is 2.40. The summed E-state index contributed by atoms with van der Waals surface area (Å²) < 4.78 is 11.7. The van der Waals surface area contributed by atoms with Crippen molar-refractivity contribution in [1.29, 1.82) is 0 Å². The Morgan fingerprint density at radius 3 is 1.47 bits per heavy atom.